The van der Waals surface area contributed by atoms with Gasteiger partial charge in [-0.3, -0.25) is 4.79 Å². The lowest BCUT2D eigenvalue weighted by atomic mass is 10.0. The van der Waals surface area contributed by atoms with Crippen LogP contribution in [0.2, 0.25) is 0 Å². The summed E-state index contributed by atoms with van der Waals surface area (Å²) in [6.07, 6.45) is 1.43. The van der Waals surface area contributed by atoms with Gasteiger partial charge in [-0.25, -0.2) is 0 Å². The number of para-hydroxylation sites is 1. The SMILES string of the molecule is CCOc1cccc2c1OCC(C(=O)NCC1CNCC1O)=C2. The number of carbonyl (C=O) groups is 1. The Morgan fingerprint density at radius 3 is 3.09 bits per heavy atom. The summed E-state index contributed by atoms with van der Waals surface area (Å²) in [6, 6.07) is 5.63. The van der Waals surface area contributed by atoms with E-state index in [1.54, 1.807) is 0 Å². The van der Waals surface area contributed by atoms with Gasteiger partial charge in [0.1, 0.15) is 6.61 Å². The number of hydrogen-bond donors (Lipinski definition) is 3. The number of rotatable bonds is 5. The van der Waals surface area contributed by atoms with Gasteiger partial charge in [-0.15, -0.1) is 0 Å². The van der Waals surface area contributed by atoms with Crippen molar-refractivity contribution in [3.8, 4) is 11.5 Å². The Labute approximate surface area is 135 Å². The predicted octanol–water partition coefficient (Wildman–Crippen LogP) is 0.558. The first kappa shape index (κ1) is 15.8. The van der Waals surface area contributed by atoms with Crippen LogP contribution in [-0.2, 0) is 4.79 Å². The van der Waals surface area contributed by atoms with Crippen LogP contribution in [0.25, 0.3) is 6.08 Å². The molecule has 6 nitrogen and oxygen atoms in total. The van der Waals surface area contributed by atoms with E-state index in [9.17, 15) is 9.90 Å². The van der Waals surface area contributed by atoms with Gasteiger partial charge in [0.25, 0.3) is 5.91 Å². The molecule has 0 bridgehead atoms. The van der Waals surface area contributed by atoms with E-state index in [1.807, 2.05) is 31.2 Å². The molecule has 2 heterocycles. The molecule has 1 aromatic carbocycles. The molecule has 1 saturated heterocycles. The Bertz CT molecular complexity index is 615. The monoisotopic (exact) mass is 318 g/mol. The van der Waals surface area contributed by atoms with Crippen molar-refractivity contribution >= 4 is 12.0 Å². The summed E-state index contributed by atoms with van der Waals surface area (Å²) >= 11 is 0. The molecule has 2 unspecified atom stereocenters. The van der Waals surface area contributed by atoms with Crippen LogP contribution in [-0.4, -0.2) is 50.0 Å². The van der Waals surface area contributed by atoms with Crippen LogP contribution in [0.3, 0.4) is 0 Å². The summed E-state index contributed by atoms with van der Waals surface area (Å²) in [5, 5.41) is 15.7. The number of hydrogen-bond acceptors (Lipinski definition) is 5. The maximum absolute atomic E-state index is 12.3. The van der Waals surface area contributed by atoms with Gasteiger partial charge in [-0.05, 0) is 19.1 Å². The molecule has 0 aromatic heterocycles. The van der Waals surface area contributed by atoms with E-state index in [0.29, 0.717) is 36.8 Å². The molecule has 3 rings (SSSR count). The van der Waals surface area contributed by atoms with Crippen molar-refractivity contribution in [1.82, 2.24) is 10.6 Å². The smallest absolute Gasteiger partial charge is 0.250 e. The van der Waals surface area contributed by atoms with Gasteiger partial charge in [-0.2, -0.15) is 0 Å². The number of benzene rings is 1. The first-order valence-corrected chi connectivity index (χ1v) is 7.95. The fraction of sp³-hybridized carbons (Fsp3) is 0.471. The van der Waals surface area contributed by atoms with Crippen LogP contribution in [0.4, 0.5) is 0 Å². The minimum atomic E-state index is -0.402. The summed E-state index contributed by atoms with van der Waals surface area (Å²) in [4.78, 5) is 12.3. The maximum atomic E-state index is 12.3. The third-order valence-electron chi connectivity index (χ3n) is 4.13. The van der Waals surface area contributed by atoms with Crippen molar-refractivity contribution in [2.45, 2.75) is 13.0 Å². The van der Waals surface area contributed by atoms with Crippen molar-refractivity contribution in [2.75, 3.05) is 32.8 Å². The largest absolute Gasteiger partial charge is 0.490 e. The third kappa shape index (κ3) is 3.48. The molecular weight excluding hydrogens is 296 g/mol. The van der Waals surface area contributed by atoms with Gasteiger partial charge in [0, 0.05) is 31.1 Å². The highest BCUT2D eigenvalue weighted by molar-refractivity contribution is 5.99. The summed E-state index contributed by atoms with van der Waals surface area (Å²) in [7, 11) is 0. The minimum Gasteiger partial charge on any atom is -0.490 e. The Morgan fingerprint density at radius 1 is 1.48 bits per heavy atom. The predicted molar refractivity (Wildman–Crippen MR) is 86.5 cm³/mol. The van der Waals surface area contributed by atoms with Gasteiger partial charge in [0.05, 0.1) is 18.3 Å². The van der Waals surface area contributed by atoms with E-state index in [1.165, 1.54) is 0 Å². The fourth-order valence-electron chi connectivity index (χ4n) is 2.85. The summed E-state index contributed by atoms with van der Waals surface area (Å²) in [5.74, 6) is 1.28. The number of amides is 1. The van der Waals surface area contributed by atoms with Crippen LogP contribution in [0.1, 0.15) is 12.5 Å². The van der Waals surface area contributed by atoms with E-state index < -0.39 is 6.10 Å². The quantitative estimate of drug-likeness (QED) is 0.739. The Hall–Kier alpha value is -2.05. The van der Waals surface area contributed by atoms with Crippen LogP contribution in [0.5, 0.6) is 11.5 Å². The highest BCUT2D eigenvalue weighted by Gasteiger charge is 2.26. The second-order valence-electron chi connectivity index (χ2n) is 5.76. The molecule has 1 fully saturated rings. The van der Waals surface area contributed by atoms with Crippen LogP contribution in [0, 0.1) is 5.92 Å². The first-order chi connectivity index (χ1) is 11.2. The van der Waals surface area contributed by atoms with Gasteiger partial charge >= 0.3 is 0 Å². The number of aliphatic hydroxyl groups excluding tert-OH is 1. The van der Waals surface area contributed by atoms with Gasteiger partial charge in [0.2, 0.25) is 0 Å². The van der Waals surface area contributed by atoms with Gasteiger partial charge in [-0.1, -0.05) is 12.1 Å². The molecular formula is C17H22N2O4. The molecule has 1 aromatic rings. The molecule has 0 saturated carbocycles. The highest BCUT2D eigenvalue weighted by atomic mass is 16.5. The highest BCUT2D eigenvalue weighted by Crippen LogP contribution is 2.35. The molecule has 1 amide bonds. The van der Waals surface area contributed by atoms with E-state index in [0.717, 1.165) is 12.1 Å². The van der Waals surface area contributed by atoms with Crippen LogP contribution >= 0.6 is 0 Å². The second-order valence-corrected chi connectivity index (χ2v) is 5.76. The van der Waals surface area contributed by atoms with Crippen molar-refractivity contribution in [1.29, 1.82) is 0 Å². The van der Waals surface area contributed by atoms with Crippen molar-refractivity contribution in [3.05, 3.63) is 29.3 Å². The third-order valence-corrected chi connectivity index (χ3v) is 4.13. The molecule has 2 aliphatic heterocycles. The lowest BCUT2D eigenvalue weighted by Crippen LogP contribution is -2.36. The topological polar surface area (TPSA) is 79.8 Å². The molecule has 0 radical (unpaired) electrons. The average Bonchev–Trinajstić information content (AvgIpc) is 2.98. The zero-order valence-electron chi connectivity index (χ0n) is 13.2. The Kier molecular flexibility index (Phi) is 4.83. The number of nitrogens with one attached hydrogen (secondary N) is 2. The minimum absolute atomic E-state index is 0.0564. The zero-order valence-corrected chi connectivity index (χ0v) is 13.2. The molecule has 0 spiro atoms. The average molecular weight is 318 g/mol. The maximum Gasteiger partial charge on any atom is 0.250 e. The van der Waals surface area contributed by atoms with E-state index in [-0.39, 0.29) is 18.4 Å². The number of carbonyl (C=O) groups excluding carboxylic acids is 1. The molecule has 6 heteroatoms. The normalized spacial score (nSPS) is 22.8. The lowest BCUT2D eigenvalue weighted by molar-refractivity contribution is -0.118. The number of fused-ring (bicyclic) bond motifs is 1. The molecule has 23 heavy (non-hydrogen) atoms. The van der Waals surface area contributed by atoms with Gasteiger partial charge < -0.3 is 25.2 Å². The summed E-state index contributed by atoms with van der Waals surface area (Å²) in [6.45, 7) is 4.46. The second kappa shape index (κ2) is 7.02. The number of aliphatic hydroxyl groups is 1. The molecule has 2 aliphatic rings. The van der Waals surface area contributed by atoms with Gasteiger partial charge in [0.15, 0.2) is 11.5 Å². The Morgan fingerprint density at radius 2 is 2.35 bits per heavy atom. The van der Waals surface area contributed by atoms with Crippen molar-refractivity contribution in [2.24, 2.45) is 5.92 Å². The Balaban J connectivity index is 1.67. The number of ether oxygens (including phenoxy) is 2. The fourth-order valence-corrected chi connectivity index (χ4v) is 2.85. The number of β-amino-alcohol motifs (C(OH)–C–C–N with tert-alkyl or cyclic N) is 1. The van der Waals surface area contributed by atoms with Crippen LogP contribution in [0.15, 0.2) is 23.8 Å². The standard InChI is InChI=1S/C17H22N2O4/c1-2-22-15-5-3-4-11-6-12(10-23-16(11)15)17(21)19-8-13-7-18-9-14(13)20/h3-6,13-14,18,20H,2,7-10H2,1H3,(H,19,21). The zero-order chi connectivity index (χ0) is 16.2. The van der Waals surface area contributed by atoms with Crippen molar-refractivity contribution in [3.63, 3.8) is 0 Å². The van der Waals surface area contributed by atoms with Crippen molar-refractivity contribution < 1.29 is 19.4 Å². The lowest BCUT2D eigenvalue weighted by Gasteiger charge is -2.21. The molecule has 0 aliphatic carbocycles. The van der Waals surface area contributed by atoms with E-state index in [2.05, 4.69) is 10.6 Å². The summed E-state index contributed by atoms with van der Waals surface area (Å²) < 4.78 is 11.3. The molecule has 3 N–H and O–H groups in total. The van der Waals surface area contributed by atoms with Crippen LogP contribution < -0.4 is 20.1 Å². The first-order valence-electron chi connectivity index (χ1n) is 7.95. The van der Waals surface area contributed by atoms with E-state index >= 15 is 0 Å². The van der Waals surface area contributed by atoms with E-state index in [4.69, 9.17) is 9.47 Å². The molecule has 2 atom stereocenters. The summed E-state index contributed by atoms with van der Waals surface area (Å²) in [5.41, 5.74) is 1.42. The molecule has 124 valence electrons.